The van der Waals surface area contributed by atoms with Crippen molar-refractivity contribution in [2.24, 2.45) is 0 Å². The lowest BCUT2D eigenvalue weighted by Crippen LogP contribution is -2.43. The summed E-state index contributed by atoms with van der Waals surface area (Å²) in [4.78, 5) is 24.0. The second kappa shape index (κ2) is 7.74. The number of amides is 1. The van der Waals surface area contributed by atoms with Gasteiger partial charge in [-0.1, -0.05) is 29.8 Å². The van der Waals surface area contributed by atoms with E-state index in [4.69, 9.17) is 16.3 Å². The van der Waals surface area contributed by atoms with E-state index in [1.165, 1.54) is 25.3 Å². The van der Waals surface area contributed by atoms with Crippen molar-refractivity contribution in [3.8, 4) is 0 Å². The van der Waals surface area contributed by atoms with Gasteiger partial charge in [0.2, 0.25) is 0 Å². The van der Waals surface area contributed by atoms with Crippen LogP contribution in [0.2, 0.25) is 5.02 Å². The molecule has 1 amide bonds. The van der Waals surface area contributed by atoms with Gasteiger partial charge in [-0.3, -0.25) is 4.79 Å². The van der Waals surface area contributed by atoms with Crippen LogP contribution in [-0.2, 0) is 16.0 Å². The number of carbonyl (C=O) groups is 2. The van der Waals surface area contributed by atoms with E-state index in [2.05, 4.69) is 5.32 Å². The average Bonchev–Trinajstić information content (AvgIpc) is 2.55. The van der Waals surface area contributed by atoms with E-state index in [0.29, 0.717) is 5.02 Å². The van der Waals surface area contributed by atoms with Crippen molar-refractivity contribution in [2.45, 2.75) is 12.5 Å². The molecule has 0 aliphatic rings. The predicted molar refractivity (Wildman–Crippen MR) is 84.8 cm³/mol. The Hall–Kier alpha value is -2.40. The molecule has 0 heterocycles. The van der Waals surface area contributed by atoms with E-state index in [9.17, 15) is 14.0 Å². The molecule has 0 radical (unpaired) electrons. The van der Waals surface area contributed by atoms with Gasteiger partial charge in [-0.05, 0) is 35.9 Å². The van der Waals surface area contributed by atoms with E-state index in [1.54, 1.807) is 24.3 Å². The Bertz CT molecular complexity index is 703. The number of benzene rings is 2. The number of esters is 1. The molecule has 1 atom stereocenters. The van der Waals surface area contributed by atoms with E-state index in [-0.39, 0.29) is 12.0 Å². The minimum atomic E-state index is -0.878. The molecule has 0 bridgehead atoms. The lowest BCUT2D eigenvalue weighted by molar-refractivity contribution is -0.142. The summed E-state index contributed by atoms with van der Waals surface area (Å²) in [5, 5.41) is 3.14. The highest BCUT2D eigenvalue weighted by Gasteiger charge is 2.22. The molecule has 120 valence electrons. The second-order valence-electron chi connectivity index (χ2n) is 4.89. The van der Waals surface area contributed by atoms with Crippen molar-refractivity contribution in [1.29, 1.82) is 0 Å². The Labute approximate surface area is 138 Å². The molecule has 2 aromatic carbocycles. The monoisotopic (exact) mass is 335 g/mol. The molecule has 0 saturated carbocycles. The first-order chi connectivity index (χ1) is 11.0. The molecule has 4 nitrogen and oxygen atoms in total. The minimum Gasteiger partial charge on any atom is -0.467 e. The lowest BCUT2D eigenvalue weighted by Gasteiger charge is -2.16. The molecular formula is C17H15ClFNO3. The number of methoxy groups -OCH3 is 1. The SMILES string of the molecule is COC(=O)[C@@H](Cc1ccc(Cl)cc1)NC(=O)c1cccc(F)c1. The number of ether oxygens (including phenoxy) is 1. The Morgan fingerprint density at radius 2 is 1.91 bits per heavy atom. The number of carbonyl (C=O) groups excluding carboxylic acids is 2. The van der Waals surface area contributed by atoms with Crippen LogP contribution in [0, 0.1) is 5.82 Å². The Kier molecular flexibility index (Phi) is 5.71. The van der Waals surface area contributed by atoms with Gasteiger partial charge in [0, 0.05) is 17.0 Å². The van der Waals surface area contributed by atoms with Gasteiger partial charge in [-0.2, -0.15) is 0 Å². The number of rotatable bonds is 5. The normalized spacial score (nSPS) is 11.6. The van der Waals surface area contributed by atoms with Crippen molar-refractivity contribution in [3.05, 3.63) is 70.5 Å². The first-order valence-corrected chi connectivity index (χ1v) is 7.26. The molecule has 0 unspecified atom stereocenters. The minimum absolute atomic E-state index is 0.134. The number of hydrogen-bond donors (Lipinski definition) is 1. The molecule has 0 saturated heterocycles. The zero-order chi connectivity index (χ0) is 16.8. The Balaban J connectivity index is 2.13. The van der Waals surface area contributed by atoms with Gasteiger partial charge in [0.25, 0.3) is 5.91 Å². The summed E-state index contributed by atoms with van der Waals surface area (Å²) in [6.45, 7) is 0. The van der Waals surface area contributed by atoms with E-state index in [1.807, 2.05) is 0 Å². The van der Waals surface area contributed by atoms with Crippen molar-refractivity contribution >= 4 is 23.5 Å². The summed E-state index contributed by atoms with van der Waals surface area (Å²) in [5.74, 6) is -1.65. The van der Waals surface area contributed by atoms with Gasteiger partial charge >= 0.3 is 5.97 Å². The summed E-state index contributed by atoms with van der Waals surface area (Å²) in [7, 11) is 1.24. The fraction of sp³-hybridized carbons (Fsp3) is 0.176. The standard InChI is InChI=1S/C17H15ClFNO3/c1-23-17(22)15(9-11-5-7-13(18)8-6-11)20-16(21)12-3-2-4-14(19)10-12/h2-8,10,15H,9H2,1H3,(H,20,21)/t15-/m1/s1. The number of nitrogens with one attached hydrogen (secondary N) is 1. The maximum absolute atomic E-state index is 13.2. The number of hydrogen-bond acceptors (Lipinski definition) is 3. The predicted octanol–water partition coefficient (Wildman–Crippen LogP) is 2.99. The summed E-state index contributed by atoms with van der Waals surface area (Å²) in [6, 6.07) is 11.3. The highest BCUT2D eigenvalue weighted by Crippen LogP contribution is 2.12. The highest BCUT2D eigenvalue weighted by molar-refractivity contribution is 6.30. The first-order valence-electron chi connectivity index (χ1n) is 6.88. The quantitative estimate of drug-likeness (QED) is 0.855. The molecule has 2 rings (SSSR count). The third kappa shape index (κ3) is 4.79. The van der Waals surface area contributed by atoms with Crippen molar-refractivity contribution in [2.75, 3.05) is 7.11 Å². The van der Waals surface area contributed by atoms with Crippen LogP contribution in [0.4, 0.5) is 4.39 Å². The molecule has 0 fully saturated rings. The zero-order valence-corrected chi connectivity index (χ0v) is 13.1. The van der Waals surface area contributed by atoms with Crippen LogP contribution in [0.3, 0.4) is 0 Å². The smallest absolute Gasteiger partial charge is 0.328 e. The molecule has 23 heavy (non-hydrogen) atoms. The van der Waals surface area contributed by atoms with Crippen LogP contribution in [0.1, 0.15) is 15.9 Å². The van der Waals surface area contributed by atoms with Gasteiger partial charge in [-0.25, -0.2) is 9.18 Å². The molecule has 1 N–H and O–H groups in total. The first kappa shape index (κ1) is 17.0. The summed E-state index contributed by atoms with van der Waals surface area (Å²) < 4.78 is 17.9. The van der Waals surface area contributed by atoms with Gasteiger partial charge in [0.15, 0.2) is 0 Å². The molecule has 2 aromatic rings. The molecule has 0 aromatic heterocycles. The van der Waals surface area contributed by atoms with Crippen LogP contribution >= 0.6 is 11.6 Å². The van der Waals surface area contributed by atoms with E-state index in [0.717, 1.165) is 11.6 Å². The van der Waals surface area contributed by atoms with Crippen LogP contribution in [0.5, 0.6) is 0 Å². The summed E-state index contributed by atoms with van der Waals surface area (Å²) in [5.41, 5.74) is 0.944. The molecule has 0 aliphatic heterocycles. The van der Waals surface area contributed by atoms with Gasteiger partial charge < -0.3 is 10.1 Å². The van der Waals surface area contributed by atoms with Crippen LogP contribution in [0.15, 0.2) is 48.5 Å². The molecule has 6 heteroatoms. The Morgan fingerprint density at radius 3 is 2.52 bits per heavy atom. The maximum atomic E-state index is 13.2. The third-order valence-corrected chi connectivity index (χ3v) is 3.48. The van der Waals surface area contributed by atoms with Crippen molar-refractivity contribution < 1.29 is 18.7 Å². The van der Waals surface area contributed by atoms with Crippen molar-refractivity contribution in [1.82, 2.24) is 5.32 Å². The average molecular weight is 336 g/mol. The highest BCUT2D eigenvalue weighted by atomic mass is 35.5. The topological polar surface area (TPSA) is 55.4 Å². The van der Waals surface area contributed by atoms with Crippen LogP contribution < -0.4 is 5.32 Å². The summed E-state index contributed by atoms with van der Waals surface area (Å²) in [6.07, 6.45) is 0.241. The van der Waals surface area contributed by atoms with Gasteiger partial charge in [0.05, 0.1) is 7.11 Å². The van der Waals surface area contributed by atoms with Gasteiger partial charge in [-0.15, -0.1) is 0 Å². The van der Waals surface area contributed by atoms with E-state index < -0.39 is 23.7 Å². The van der Waals surface area contributed by atoms with Crippen LogP contribution in [0.25, 0.3) is 0 Å². The van der Waals surface area contributed by atoms with Gasteiger partial charge in [0.1, 0.15) is 11.9 Å². The fourth-order valence-electron chi connectivity index (χ4n) is 2.06. The third-order valence-electron chi connectivity index (χ3n) is 3.23. The molecule has 0 spiro atoms. The summed E-state index contributed by atoms with van der Waals surface area (Å²) >= 11 is 5.82. The Morgan fingerprint density at radius 1 is 1.22 bits per heavy atom. The molecular weight excluding hydrogens is 321 g/mol. The number of halogens is 2. The van der Waals surface area contributed by atoms with Crippen LogP contribution in [-0.4, -0.2) is 25.0 Å². The maximum Gasteiger partial charge on any atom is 0.328 e. The fourth-order valence-corrected chi connectivity index (χ4v) is 2.19. The van der Waals surface area contributed by atoms with E-state index >= 15 is 0 Å². The second-order valence-corrected chi connectivity index (χ2v) is 5.33. The molecule has 0 aliphatic carbocycles. The zero-order valence-electron chi connectivity index (χ0n) is 12.4. The largest absolute Gasteiger partial charge is 0.467 e. The van der Waals surface area contributed by atoms with Crippen molar-refractivity contribution in [3.63, 3.8) is 0 Å². The lowest BCUT2D eigenvalue weighted by atomic mass is 10.1.